The summed E-state index contributed by atoms with van der Waals surface area (Å²) in [5.74, 6) is 4.46. The Morgan fingerprint density at radius 2 is 1.95 bits per heavy atom. The molecule has 5 rings (SSSR count). The molecule has 0 spiro atoms. The normalized spacial score (nSPS) is 17.2. The lowest BCUT2D eigenvalue weighted by atomic mass is 10.1. The Hall–Kier alpha value is -4.87. The van der Waals surface area contributed by atoms with Gasteiger partial charge in [0.2, 0.25) is 5.95 Å². The minimum absolute atomic E-state index is 0.0317. The molecule has 0 unspecified atom stereocenters. The second kappa shape index (κ2) is 11.3. The average molecular weight is 615 g/mol. The van der Waals surface area contributed by atoms with Crippen LogP contribution in [-0.4, -0.2) is 61.6 Å². The molecule has 0 radical (unpaired) electrons. The van der Waals surface area contributed by atoms with E-state index in [1.54, 1.807) is 32.3 Å². The van der Waals surface area contributed by atoms with Gasteiger partial charge in [-0.1, -0.05) is 12.0 Å². The van der Waals surface area contributed by atoms with Crippen molar-refractivity contribution in [2.24, 2.45) is 7.05 Å². The molecule has 2 aliphatic rings. The number of imidazole rings is 1. The molecule has 4 heterocycles. The van der Waals surface area contributed by atoms with Crippen LogP contribution in [-0.2, 0) is 24.9 Å². The van der Waals surface area contributed by atoms with Crippen LogP contribution in [0.1, 0.15) is 50.9 Å². The van der Waals surface area contributed by atoms with E-state index >= 15 is 0 Å². The van der Waals surface area contributed by atoms with E-state index in [4.69, 9.17) is 4.74 Å². The van der Waals surface area contributed by atoms with Crippen molar-refractivity contribution in [3.63, 3.8) is 0 Å². The van der Waals surface area contributed by atoms with Crippen LogP contribution in [0.15, 0.2) is 27.8 Å². The molecule has 1 fully saturated rings. The van der Waals surface area contributed by atoms with E-state index in [0.29, 0.717) is 31.9 Å². The molecule has 13 nitrogen and oxygen atoms in total. The second-order valence-electron chi connectivity index (χ2n) is 11.5. The van der Waals surface area contributed by atoms with Gasteiger partial charge in [0.15, 0.2) is 28.4 Å². The van der Waals surface area contributed by atoms with Crippen LogP contribution < -0.4 is 30.9 Å². The quantitative estimate of drug-likeness (QED) is 0.328. The number of halogens is 2. The van der Waals surface area contributed by atoms with Gasteiger partial charge in [0.25, 0.3) is 5.56 Å². The number of benzene rings is 1. The van der Waals surface area contributed by atoms with Gasteiger partial charge >= 0.3 is 18.1 Å². The lowest BCUT2D eigenvalue weighted by Gasteiger charge is -2.34. The first-order valence-corrected chi connectivity index (χ1v) is 14.0. The number of aromatic nitrogens is 4. The summed E-state index contributed by atoms with van der Waals surface area (Å²) < 4.78 is 45.2. The lowest BCUT2D eigenvalue weighted by molar-refractivity contribution is -0.286. The summed E-state index contributed by atoms with van der Waals surface area (Å²) in [5, 5.41) is 2.88. The van der Waals surface area contributed by atoms with Crippen molar-refractivity contribution in [2.45, 2.75) is 71.6 Å². The molecule has 3 aromatic rings. The first-order chi connectivity index (χ1) is 20.7. The number of nitrogens with one attached hydrogen (secondary N) is 1. The number of amides is 1. The predicted octanol–water partition coefficient (Wildman–Crippen LogP) is 2.62. The second-order valence-corrected chi connectivity index (χ2v) is 11.5. The van der Waals surface area contributed by atoms with E-state index in [0.717, 1.165) is 9.13 Å². The van der Waals surface area contributed by atoms with Crippen molar-refractivity contribution >= 4 is 29.0 Å². The van der Waals surface area contributed by atoms with Gasteiger partial charge < -0.3 is 24.4 Å². The van der Waals surface area contributed by atoms with Crippen LogP contribution in [0.3, 0.4) is 0 Å². The third-order valence-electron chi connectivity index (χ3n) is 7.08. The Balaban J connectivity index is 1.52. The molecule has 0 bridgehead atoms. The summed E-state index contributed by atoms with van der Waals surface area (Å²) in [4.78, 5) is 59.4. The largest absolute Gasteiger partial charge is 0.586 e. The number of anilines is 1. The number of Topliss-reactive ketones (excluding diaryl/α,β-unsaturated/α-hetero) is 1. The van der Waals surface area contributed by atoms with Crippen LogP contribution >= 0.6 is 0 Å². The number of alkyl carbamates (subject to hydrolysis) is 1. The SMILES string of the molecule is CC#CCn1c(N2CCC[C@H](NC(=O)OC(C)(C)C)C2)nc2c1c(=O)n(CC(=O)c1cccc3c1OC(F)(F)O3)c(=O)n2C. The molecule has 0 aliphatic carbocycles. The molecule has 1 amide bonds. The molecule has 0 saturated carbocycles. The van der Waals surface area contributed by atoms with Gasteiger partial charge in [-0.05, 0) is 52.7 Å². The monoisotopic (exact) mass is 614 g/mol. The maximum Gasteiger partial charge on any atom is 0.586 e. The van der Waals surface area contributed by atoms with Gasteiger partial charge in [-0.25, -0.2) is 9.59 Å². The van der Waals surface area contributed by atoms with E-state index in [-0.39, 0.29) is 35.1 Å². The highest BCUT2D eigenvalue weighted by atomic mass is 19.3. The summed E-state index contributed by atoms with van der Waals surface area (Å²) in [6.07, 6.45) is -3.10. The van der Waals surface area contributed by atoms with Gasteiger partial charge in [0, 0.05) is 26.2 Å². The Labute approximate surface area is 250 Å². The smallest absolute Gasteiger partial charge is 0.444 e. The minimum atomic E-state index is -3.95. The number of piperidine rings is 1. The standard InChI is InChI=1S/C29H32F2N6O7/c1-6-7-14-36-21-23(33-25(36)35-13-9-10-17(15-35)32-26(40)44-28(2,3)4)34(5)27(41)37(24(21)39)16-19(38)18-11-8-12-20-22(18)43-29(30,31)42-20/h8,11-12,17H,9-10,13-16H2,1-5H3,(H,32,40)/t17-/m0/s1. The molecule has 1 N–H and O–H groups in total. The number of hydrogen-bond donors (Lipinski definition) is 1. The molecular weight excluding hydrogens is 582 g/mol. The maximum absolute atomic E-state index is 13.8. The number of nitrogens with zero attached hydrogens (tertiary/aromatic N) is 5. The van der Waals surface area contributed by atoms with Crippen LogP contribution in [0.4, 0.5) is 19.5 Å². The number of carbonyl (C=O) groups excluding carboxylic acids is 2. The highest BCUT2D eigenvalue weighted by molar-refractivity contribution is 5.99. The third-order valence-corrected chi connectivity index (χ3v) is 7.08. The van der Waals surface area contributed by atoms with E-state index < -0.39 is 47.3 Å². The molecule has 1 atom stereocenters. The van der Waals surface area contributed by atoms with Crippen molar-refractivity contribution in [2.75, 3.05) is 18.0 Å². The van der Waals surface area contributed by atoms with Crippen LogP contribution in [0, 0.1) is 11.8 Å². The number of fused-ring (bicyclic) bond motifs is 2. The molecule has 1 saturated heterocycles. The summed E-state index contributed by atoms with van der Waals surface area (Å²) >= 11 is 0. The van der Waals surface area contributed by atoms with Crippen LogP contribution in [0.25, 0.3) is 11.2 Å². The zero-order valence-corrected chi connectivity index (χ0v) is 24.9. The van der Waals surface area contributed by atoms with Gasteiger partial charge in [-0.3, -0.25) is 23.3 Å². The zero-order chi connectivity index (χ0) is 32.0. The van der Waals surface area contributed by atoms with E-state index in [2.05, 4.69) is 31.6 Å². The molecule has 15 heteroatoms. The van der Waals surface area contributed by atoms with Crippen molar-refractivity contribution in [3.05, 3.63) is 44.6 Å². The first kappa shape index (κ1) is 30.6. The number of hydrogen-bond acceptors (Lipinski definition) is 9. The van der Waals surface area contributed by atoms with Crippen LogP contribution in [0.5, 0.6) is 11.5 Å². The molecule has 234 valence electrons. The van der Waals surface area contributed by atoms with Crippen molar-refractivity contribution in [1.82, 2.24) is 24.0 Å². The fourth-order valence-corrected chi connectivity index (χ4v) is 5.22. The number of rotatable bonds is 6. The summed E-state index contributed by atoms with van der Waals surface area (Å²) in [6, 6.07) is 3.52. The maximum atomic E-state index is 13.8. The van der Waals surface area contributed by atoms with Crippen molar-refractivity contribution in [3.8, 4) is 23.3 Å². The number of aryl methyl sites for hydroxylation is 1. The van der Waals surface area contributed by atoms with Crippen molar-refractivity contribution in [1.29, 1.82) is 0 Å². The number of carbonyl (C=O) groups is 2. The number of alkyl halides is 2. The van der Waals surface area contributed by atoms with E-state index in [1.165, 1.54) is 25.2 Å². The molecular formula is C29H32F2N6O7. The Kier molecular flexibility index (Phi) is 7.87. The average Bonchev–Trinajstić information content (AvgIpc) is 3.48. The first-order valence-electron chi connectivity index (χ1n) is 14.0. The highest BCUT2D eigenvalue weighted by Crippen LogP contribution is 2.43. The van der Waals surface area contributed by atoms with Gasteiger partial charge in [-0.15, -0.1) is 14.7 Å². The topological polar surface area (TPSA) is 139 Å². The minimum Gasteiger partial charge on any atom is -0.444 e. The molecule has 1 aromatic carbocycles. The Morgan fingerprint density at radius 1 is 1.20 bits per heavy atom. The number of para-hydroxylation sites is 1. The predicted molar refractivity (Wildman–Crippen MR) is 154 cm³/mol. The molecule has 2 aromatic heterocycles. The van der Waals surface area contributed by atoms with E-state index in [1.807, 2.05) is 4.90 Å². The lowest BCUT2D eigenvalue weighted by Crippen LogP contribution is -2.49. The summed E-state index contributed by atoms with van der Waals surface area (Å²) in [5.41, 5.74) is -2.45. The summed E-state index contributed by atoms with van der Waals surface area (Å²) in [6.45, 7) is 7.17. The number of ether oxygens (including phenoxy) is 3. The fourth-order valence-electron chi connectivity index (χ4n) is 5.22. The van der Waals surface area contributed by atoms with Crippen molar-refractivity contribution < 1.29 is 32.6 Å². The van der Waals surface area contributed by atoms with Gasteiger partial charge in [0.05, 0.1) is 18.7 Å². The van der Waals surface area contributed by atoms with Crippen LogP contribution in [0.2, 0.25) is 0 Å². The van der Waals surface area contributed by atoms with Gasteiger partial charge in [0.1, 0.15) is 5.60 Å². The highest BCUT2D eigenvalue weighted by Gasteiger charge is 2.45. The summed E-state index contributed by atoms with van der Waals surface area (Å²) in [7, 11) is 1.42. The molecule has 44 heavy (non-hydrogen) atoms. The fraction of sp³-hybridized carbons (Fsp3) is 0.483. The third kappa shape index (κ3) is 5.97. The van der Waals surface area contributed by atoms with E-state index in [9.17, 15) is 28.0 Å². The Bertz CT molecular complexity index is 1830. The Morgan fingerprint density at radius 3 is 2.66 bits per heavy atom. The number of ketones is 1. The molecule has 2 aliphatic heterocycles. The van der Waals surface area contributed by atoms with Gasteiger partial charge in [-0.2, -0.15) is 4.98 Å². The zero-order valence-electron chi connectivity index (χ0n) is 24.9.